The standard InChI is InChI=1S/C23H26FN3O/c1-26-18-10-11-21(26)20(14-18)25-23(28)27-13-12-15-4-2-3-5-19(15)22(27)16-6-8-17(24)9-7-16/h2-9,18,20-22H,10-14H2,1H3,(H,25,28)/t18-,20+,21+,22-/m0/s1. The van der Waals surface area contributed by atoms with Crippen LogP contribution >= 0.6 is 0 Å². The van der Waals surface area contributed by atoms with Crippen molar-refractivity contribution in [2.75, 3.05) is 13.6 Å². The number of nitrogens with one attached hydrogen (secondary N) is 1. The van der Waals surface area contributed by atoms with Gasteiger partial charge in [-0.15, -0.1) is 0 Å². The molecule has 0 unspecified atom stereocenters. The van der Waals surface area contributed by atoms with Crippen molar-refractivity contribution in [3.63, 3.8) is 0 Å². The first-order valence-corrected chi connectivity index (χ1v) is 10.2. The molecule has 3 aliphatic heterocycles. The van der Waals surface area contributed by atoms with Crippen LogP contribution in [0.25, 0.3) is 0 Å². The highest BCUT2D eigenvalue weighted by molar-refractivity contribution is 5.76. The molecule has 2 saturated heterocycles. The van der Waals surface area contributed by atoms with Crippen LogP contribution < -0.4 is 5.32 Å². The molecule has 3 heterocycles. The van der Waals surface area contributed by atoms with Crippen LogP contribution in [-0.4, -0.2) is 47.5 Å². The number of halogens is 1. The molecular formula is C23H26FN3O. The summed E-state index contributed by atoms with van der Waals surface area (Å²) in [6.45, 7) is 0.668. The van der Waals surface area contributed by atoms with Gasteiger partial charge in [-0.1, -0.05) is 36.4 Å². The maximum absolute atomic E-state index is 13.5. The first kappa shape index (κ1) is 17.7. The molecule has 2 fully saturated rings. The van der Waals surface area contributed by atoms with E-state index < -0.39 is 0 Å². The Bertz CT molecular complexity index is 884. The molecule has 146 valence electrons. The Balaban J connectivity index is 1.44. The maximum atomic E-state index is 13.5. The van der Waals surface area contributed by atoms with Crippen LogP contribution in [0.3, 0.4) is 0 Å². The molecule has 0 spiro atoms. The third kappa shape index (κ3) is 2.89. The number of urea groups is 1. The predicted octanol–water partition coefficient (Wildman–Crippen LogP) is 3.72. The van der Waals surface area contributed by atoms with E-state index in [0.29, 0.717) is 18.6 Å². The summed E-state index contributed by atoms with van der Waals surface area (Å²) in [5.41, 5.74) is 3.36. The number of carbonyl (C=O) groups is 1. The van der Waals surface area contributed by atoms with E-state index in [1.54, 1.807) is 12.1 Å². The molecule has 0 aliphatic carbocycles. The van der Waals surface area contributed by atoms with Crippen molar-refractivity contribution < 1.29 is 9.18 Å². The Morgan fingerprint density at radius 3 is 2.61 bits per heavy atom. The van der Waals surface area contributed by atoms with Crippen LogP contribution in [0.15, 0.2) is 48.5 Å². The van der Waals surface area contributed by atoms with Gasteiger partial charge in [-0.05, 0) is 61.6 Å². The highest BCUT2D eigenvalue weighted by atomic mass is 19.1. The van der Waals surface area contributed by atoms with E-state index in [1.807, 2.05) is 17.0 Å². The number of hydrogen-bond acceptors (Lipinski definition) is 2. The van der Waals surface area contributed by atoms with Gasteiger partial charge < -0.3 is 10.2 Å². The summed E-state index contributed by atoms with van der Waals surface area (Å²) in [5, 5.41) is 3.32. The summed E-state index contributed by atoms with van der Waals surface area (Å²) in [4.78, 5) is 17.7. The van der Waals surface area contributed by atoms with E-state index in [0.717, 1.165) is 30.4 Å². The molecule has 5 heteroatoms. The molecule has 4 atom stereocenters. The molecule has 28 heavy (non-hydrogen) atoms. The molecule has 2 amide bonds. The molecule has 0 aromatic heterocycles. The molecule has 0 radical (unpaired) electrons. The van der Waals surface area contributed by atoms with Gasteiger partial charge in [0, 0.05) is 24.7 Å². The van der Waals surface area contributed by atoms with Gasteiger partial charge in [-0.3, -0.25) is 4.90 Å². The number of amides is 2. The molecule has 0 saturated carbocycles. The van der Waals surface area contributed by atoms with Crippen LogP contribution in [0.2, 0.25) is 0 Å². The van der Waals surface area contributed by atoms with E-state index in [9.17, 15) is 9.18 Å². The lowest BCUT2D eigenvalue weighted by molar-refractivity contribution is 0.172. The second kappa shape index (κ2) is 6.89. The fraction of sp³-hybridized carbons (Fsp3) is 0.435. The smallest absolute Gasteiger partial charge is 0.318 e. The zero-order valence-corrected chi connectivity index (χ0v) is 16.1. The van der Waals surface area contributed by atoms with Crippen LogP contribution in [0.1, 0.15) is 42.0 Å². The highest BCUT2D eigenvalue weighted by Crippen LogP contribution is 2.38. The zero-order valence-electron chi connectivity index (χ0n) is 16.1. The van der Waals surface area contributed by atoms with Gasteiger partial charge >= 0.3 is 6.03 Å². The highest BCUT2D eigenvalue weighted by Gasteiger charge is 2.45. The van der Waals surface area contributed by atoms with Crippen LogP contribution in [0.5, 0.6) is 0 Å². The maximum Gasteiger partial charge on any atom is 0.318 e. The van der Waals surface area contributed by atoms with Crippen molar-refractivity contribution in [2.24, 2.45) is 0 Å². The SMILES string of the molecule is CN1[C@H]2CC[C@@H]1[C@H](NC(=O)N1CCc3ccccc3[C@@H]1c1ccc(F)cc1)C2. The van der Waals surface area contributed by atoms with Crippen molar-refractivity contribution in [3.8, 4) is 0 Å². The van der Waals surface area contributed by atoms with Gasteiger partial charge in [0.25, 0.3) is 0 Å². The average Bonchev–Trinajstić information content (AvgIpc) is 3.21. The van der Waals surface area contributed by atoms with E-state index in [4.69, 9.17) is 0 Å². The zero-order chi connectivity index (χ0) is 19.3. The molecule has 3 aliphatic rings. The first-order chi connectivity index (χ1) is 13.6. The molecule has 1 N–H and O–H groups in total. The summed E-state index contributed by atoms with van der Waals surface area (Å²) in [7, 11) is 2.17. The fourth-order valence-electron chi connectivity index (χ4n) is 5.45. The quantitative estimate of drug-likeness (QED) is 0.863. The van der Waals surface area contributed by atoms with Gasteiger partial charge in [0.15, 0.2) is 0 Å². The molecule has 2 bridgehead atoms. The van der Waals surface area contributed by atoms with Crippen LogP contribution in [-0.2, 0) is 6.42 Å². The number of nitrogens with zero attached hydrogens (tertiary/aromatic N) is 2. The second-order valence-electron chi connectivity index (χ2n) is 8.35. The van der Waals surface area contributed by atoms with Crippen molar-refractivity contribution >= 4 is 6.03 Å². The van der Waals surface area contributed by atoms with Crippen molar-refractivity contribution in [1.29, 1.82) is 0 Å². The minimum absolute atomic E-state index is 0.00484. The van der Waals surface area contributed by atoms with Gasteiger partial charge in [0.05, 0.1) is 6.04 Å². The largest absolute Gasteiger partial charge is 0.334 e. The van der Waals surface area contributed by atoms with Crippen LogP contribution in [0.4, 0.5) is 9.18 Å². The molecular weight excluding hydrogens is 353 g/mol. The number of likely N-dealkylation sites (N-methyl/N-ethyl adjacent to an activating group) is 1. The van der Waals surface area contributed by atoms with Gasteiger partial charge in [0.2, 0.25) is 0 Å². The second-order valence-corrected chi connectivity index (χ2v) is 8.35. The average molecular weight is 379 g/mol. The number of carbonyl (C=O) groups excluding carboxylic acids is 1. The van der Waals surface area contributed by atoms with E-state index in [2.05, 4.69) is 29.4 Å². The fourth-order valence-corrected chi connectivity index (χ4v) is 5.45. The molecule has 2 aromatic rings. The van der Waals surface area contributed by atoms with Gasteiger partial charge in [0.1, 0.15) is 5.82 Å². The van der Waals surface area contributed by atoms with E-state index in [-0.39, 0.29) is 23.9 Å². The van der Waals surface area contributed by atoms with E-state index in [1.165, 1.54) is 24.1 Å². The summed E-state index contributed by atoms with van der Waals surface area (Å²) < 4.78 is 13.5. The Kier molecular flexibility index (Phi) is 4.35. The third-order valence-corrected chi connectivity index (χ3v) is 6.92. The molecule has 2 aromatic carbocycles. The van der Waals surface area contributed by atoms with Crippen LogP contribution in [0, 0.1) is 5.82 Å². The lowest BCUT2D eigenvalue weighted by Crippen LogP contribution is -2.51. The van der Waals surface area contributed by atoms with Crippen molar-refractivity contribution in [2.45, 2.75) is 49.9 Å². The monoisotopic (exact) mass is 379 g/mol. The first-order valence-electron chi connectivity index (χ1n) is 10.2. The molecule has 5 rings (SSSR count). The molecule has 4 nitrogen and oxygen atoms in total. The minimum atomic E-state index is -0.256. The Hall–Kier alpha value is -2.40. The topological polar surface area (TPSA) is 35.6 Å². The lowest BCUT2D eigenvalue weighted by atomic mass is 9.88. The van der Waals surface area contributed by atoms with Gasteiger partial charge in [-0.25, -0.2) is 9.18 Å². The lowest BCUT2D eigenvalue weighted by Gasteiger charge is -2.39. The number of rotatable bonds is 2. The summed E-state index contributed by atoms with van der Waals surface area (Å²) >= 11 is 0. The summed E-state index contributed by atoms with van der Waals surface area (Å²) in [5.74, 6) is -0.256. The van der Waals surface area contributed by atoms with Crippen molar-refractivity contribution in [3.05, 3.63) is 71.0 Å². The third-order valence-electron chi connectivity index (χ3n) is 6.92. The summed E-state index contributed by atoms with van der Waals surface area (Å²) in [6.07, 6.45) is 4.29. The number of hydrogen-bond donors (Lipinski definition) is 1. The Morgan fingerprint density at radius 2 is 1.89 bits per heavy atom. The Labute approximate surface area is 165 Å². The minimum Gasteiger partial charge on any atom is -0.334 e. The summed E-state index contributed by atoms with van der Waals surface area (Å²) in [6, 6.07) is 15.9. The van der Waals surface area contributed by atoms with Gasteiger partial charge in [-0.2, -0.15) is 0 Å². The predicted molar refractivity (Wildman–Crippen MR) is 107 cm³/mol. The van der Waals surface area contributed by atoms with E-state index >= 15 is 0 Å². The number of fused-ring (bicyclic) bond motifs is 3. The Morgan fingerprint density at radius 1 is 1.11 bits per heavy atom. The number of benzene rings is 2. The van der Waals surface area contributed by atoms with Crippen molar-refractivity contribution in [1.82, 2.24) is 15.1 Å². The normalized spacial score (nSPS) is 29.0.